The molecular formula is C19H20ClN5OS. The van der Waals surface area contributed by atoms with Gasteiger partial charge in [0.15, 0.2) is 5.82 Å². The molecule has 0 atom stereocenters. The second kappa shape index (κ2) is 8.02. The van der Waals surface area contributed by atoms with Crippen LogP contribution in [0.15, 0.2) is 41.6 Å². The van der Waals surface area contributed by atoms with E-state index in [4.69, 9.17) is 17.4 Å². The van der Waals surface area contributed by atoms with Crippen molar-refractivity contribution in [3.63, 3.8) is 0 Å². The van der Waals surface area contributed by atoms with Gasteiger partial charge in [0.2, 0.25) is 11.1 Å². The number of nitrogen functional groups attached to an aromatic ring is 1. The van der Waals surface area contributed by atoms with Gasteiger partial charge >= 0.3 is 0 Å². The molecule has 27 heavy (non-hydrogen) atoms. The van der Waals surface area contributed by atoms with E-state index in [1.807, 2.05) is 45.0 Å². The number of aromatic nitrogens is 3. The highest BCUT2D eigenvalue weighted by atomic mass is 35.5. The van der Waals surface area contributed by atoms with Crippen molar-refractivity contribution in [2.24, 2.45) is 0 Å². The lowest BCUT2D eigenvalue weighted by atomic mass is 10.1. The molecule has 140 valence electrons. The van der Waals surface area contributed by atoms with Crippen LogP contribution >= 0.6 is 23.4 Å². The minimum Gasteiger partial charge on any atom is -0.335 e. The molecule has 1 amide bonds. The molecule has 6 nitrogen and oxygen atoms in total. The molecule has 0 unspecified atom stereocenters. The number of hydrogen-bond donors (Lipinski definition) is 2. The highest BCUT2D eigenvalue weighted by Gasteiger charge is 2.15. The predicted octanol–water partition coefficient (Wildman–Crippen LogP) is 3.97. The van der Waals surface area contributed by atoms with E-state index >= 15 is 0 Å². The van der Waals surface area contributed by atoms with Crippen molar-refractivity contribution < 1.29 is 4.79 Å². The fraction of sp³-hybridized carbons (Fsp3) is 0.211. The predicted molar refractivity (Wildman–Crippen MR) is 111 cm³/mol. The number of rotatable bonds is 5. The van der Waals surface area contributed by atoms with E-state index in [1.165, 1.54) is 22.0 Å². The molecule has 0 saturated carbocycles. The Morgan fingerprint density at radius 1 is 1.15 bits per heavy atom. The summed E-state index contributed by atoms with van der Waals surface area (Å²) in [6.45, 7) is 6.00. The summed E-state index contributed by atoms with van der Waals surface area (Å²) in [6.07, 6.45) is 0. The van der Waals surface area contributed by atoms with E-state index in [1.54, 1.807) is 12.1 Å². The number of carbonyl (C=O) groups is 1. The van der Waals surface area contributed by atoms with Crippen LogP contribution in [-0.2, 0) is 4.79 Å². The third-order valence-corrected chi connectivity index (χ3v) is 5.24. The van der Waals surface area contributed by atoms with Crippen LogP contribution in [-0.4, -0.2) is 26.5 Å². The highest BCUT2D eigenvalue weighted by Crippen LogP contribution is 2.25. The maximum Gasteiger partial charge on any atom is 0.234 e. The summed E-state index contributed by atoms with van der Waals surface area (Å²) in [4.78, 5) is 12.4. The normalized spacial score (nSPS) is 10.8. The van der Waals surface area contributed by atoms with Gasteiger partial charge in [-0.25, -0.2) is 4.68 Å². The number of benzene rings is 2. The van der Waals surface area contributed by atoms with Gasteiger partial charge in [0.1, 0.15) is 0 Å². The Morgan fingerprint density at radius 2 is 1.78 bits per heavy atom. The van der Waals surface area contributed by atoms with Crippen molar-refractivity contribution >= 4 is 35.0 Å². The molecular weight excluding hydrogens is 382 g/mol. The summed E-state index contributed by atoms with van der Waals surface area (Å²) in [7, 11) is 0. The average molecular weight is 402 g/mol. The van der Waals surface area contributed by atoms with Gasteiger partial charge in [-0.3, -0.25) is 4.79 Å². The molecule has 0 aliphatic rings. The molecule has 3 N–H and O–H groups in total. The van der Waals surface area contributed by atoms with Crippen LogP contribution in [0.5, 0.6) is 0 Å². The molecule has 1 aromatic heterocycles. The summed E-state index contributed by atoms with van der Waals surface area (Å²) in [5, 5.41) is 12.3. The summed E-state index contributed by atoms with van der Waals surface area (Å²) >= 11 is 7.14. The SMILES string of the molecule is Cc1cc(C)c(NC(=O)CSc2nnc(-c3ccc(Cl)cc3)n2N)c(C)c1. The minimum absolute atomic E-state index is 0.119. The van der Waals surface area contributed by atoms with Crippen molar-refractivity contribution in [1.29, 1.82) is 0 Å². The van der Waals surface area contributed by atoms with E-state index in [2.05, 4.69) is 15.5 Å². The zero-order valence-corrected chi connectivity index (χ0v) is 16.9. The number of anilines is 1. The molecule has 0 spiro atoms. The number of amides is 1. The molecule has 8 heteroatoms. The summed E-state index contributed by atoms with van der Waals surface area (Å²) in [5.74, 6) is 6.66. The second-order valence-electron chi connectivity index (χ2n) is 6.29. The minimum atomic E-state index is -0.119. The van der Waals surface area contributed by atoms with E-state index in [0.29, 0.717) is 16.0 Å². The van der Waals surface area contributed by atoms with Gasteiger partial charge in [-0.2, -0.15) is 0 Å². The first-order valence-electron chi connectivity index (χ1n) is 8.32. The first-order chi connectivity index (χ1) is 12.8. The van der Waals surface area contributed by atoms with Crippen molar-refractivity contribution in [1.82, 2.24) is 14.9 Å². The molecule has 0 fully saturated rings. The largest absolute Gasteiger partial charge is 0.335 e. The third-order valence-electron chi connectivity index (χ3n) is 4.04. The molecule has 0 radical (unpaired) electrons. The maximum atomic E-state index is 12.4. The fourth-order valence-electron chi connectivity index (χ4n) is 2.85. The molecule has 3 aromatic rings. The Labute approximate surface area is 167 Å². The molecule has 0 bridgehead atoms. The lowest BCUT2D eigenvalue weighted by molar-refractivity contribution is -0.113. The number of nitrogens with one attached hydrogen (secondary N) is 1. The lowest BCUT2D eigenvalue weighted by Gasteiger charge is -2.12. The van der Waals surface area contributed by atoms with Gasteiger partial charge in [0, 0.05) is 16.3 Å². The van der Waals surface area contributed by atoms with Gasteiger partial charge < -0.3 is 11.2 Å². The fourth-order valence-corrected chi connectivity index (χ4v) is 3.64. The maximum absolute atomic E-state index is 12.4. The van der Waals surface area contributed by atoms with E-state index in [9.17, 15) is 4.79 Å². The quantitative estimate of drug-likeness (QED) is 0.499. The van der Waals surface area contributed by atoms with E-state index in [-0.39, 0.29) is 11.7 Å². The molecule has 3 rings (SSSR count). The van der Waals surface area contributed by atoms with Gasteiger partial charge in [-0.15, -0.1) is 10.2 Å². The van der Waals surface area contributed by atoms with E-state index in [0.717, 1.165) is 22.4 Å². The first kappa shape index (κ1) is 19.3. The van der Waals surface area contributed by atoms with Crippen LogP contribution in [0, 0.1) is 20.8 Å². The van der Waals surface area contributed by atoms with Crippen LogP contribution < -0.4 is 11.2 Å². The topological polar surface area (TPSA) is 85.8 Å². The molecule has 2 aromatic carbocycles. The van der Waals surface area contributed by atoms with E-state index < -0.39 is 0 Å². The summed E-state index contributed by atoms with van der Waals surface area (Å²) < 4.78 is 1.38. The number of thioether (sulfide) groups is 1. The number of carbonyl (C=O) groups excluding carboxylic acids is 1. The van der Waals surface area contributed by atoms with Crippen LogP contribution in [0.1, 0.15) is 16.7 Å². The smallest absolute Gasteiger partial charge is 0.234 e. The standard InChI is InChI=1S/C19H20ClN5OS/c1-11-8-12(2)17(13(3)9-11)22-16(26)10-27-19-24-23-18(25(19)21)14-4-6-15(20)7-5-14/h4-9H,10,21H2,1-3H3,(H,22,26). The highest BCUT2D eigenvalue weighted by molar-refractivity contribution is 7.99. The molecule has 0 aliphatic carbocycles. The molecule has 1 heterocycles. The van der Waals surface area contributed by atoms with Crippen LogP contribution in [0.2, 0.25) is 5.02 Å². The van der Waals surface area contributed by atoms with Crippen molar-refractivity contribution in [3.05, 3.63) is 58.1 Å². The summed E-state index contributed by atoms with van der Waals surface area (Å²) in [5.41, 5.74) is 4.90. The van der Waals surface area contributed by atoms with Crippen molar-refractivity contribution in [2.75, 3.05) is 16.9 Å². The zero-order valence-electron chi connectivity index (χ0n) is 15.3. The average Bonchev–Trinajstić information content (AvgIpc) is 2.98. The van der Waals surface area contributed by atoms with Crippen LogP contribution in [0.3, 0.4) is 0 Å². The second-order valence-corrected chi connectivity index (χ2v) is 7.67. The Balaban J connectivity index is 1.67. The van der Waals surface area contributed by atoms with Gasteiger partial charge in [-0.1, -0.05) is 41.1 Å². The first-order valence-corrected chi connectivity index (χ1v) is 9.68. The Hall–Kier alpha value is -2.51. The zero-order chi connectivity index (χ0) is 19.6. The van der Waals surface area contributed by atoms with Crippen LogP contribution in [0.4, 0.5) is 5.69 Å². The Morgan fingerprint density at radius 3 is 2.41 bits per heavy atom. The number of nitrogens with two attached hydrogens (primary N) is 1. The number of hydrogen-bond acceptors (Lipinski definition) is 5. The van der Waals surface area contributed by atoms with Gasteiger partial charge in [0.05, 0.1) is 5.75 Å². The number of halogens is 1. The molecule has 0 aliphatic heterocycles. The van der Waals surface area contributed by atoms with Gasteiger partial charge in [0.25, 0.3) is 0 Å². The van der Waals surface area contributed by atoms with Crippen molar-refractivity contribution in [3.8, 4) is 11.4 Å². The monoisotopic (exact) mass is 401 g/mol. The van der Waals surface area contributed by atoms with Crippen molar-refractivity contribution in [2.45, 2.75) is 25.9 Å². The van der Waals surface area contributed by atoms with Crippen LogP contribution in [0.25, 0.3) is 11.4 Å². The lowest BCUT2D eigenvalue weighted by Crippen LogP contribution is -2.17. The Kier molecular flexibility index (Phi) is 5.72. The number of nitrogens with zero attached hydrogens (tertiary/aromatic N) is 3. The number of aryl methyl sites for hydroxylation is 3. The Bertz CT molecular complexity index is 961. The van der Waals surface area contributed by atoms with Gasteiger partial charge in [-0.05, 0) is 56.2 Å². The third kappa shape index (κ3) is 4.43. The molecule has 0 saturated heterocycles. The summed E-state index contributed by atoms with van der Waals surface area (Å²) in [6, 6.07) is 11.3.